The zero-order valence-corrected chi connectivity index (χ0v) is 25.0. The van der Waals surface area contributed by atoms with Crippen molar-refractivity contribution in [2.75, 3.05) is 27.3 Å². The van der Waals surface area contributed by atoms with E-state index in [2.05, 4.69) is 4.98 Å². The molecule has 3 aromatic carbocycles. The second-order valence-electron chi connectivity index (χ2n) is 11.1. The molecule has 0 aliphatic heterocycles. The molecule has 0 atom stereocenters. The van der Waals surface area contributed by atoms with Crippen LogP contribution in [0.15, 0.2) is 66.9 Å². The van der Waals surface area contributed by atoms with Gasteiger partial charge in [0, 0.05) is 41.8 Å². The molecule has 0 radical (unpaired) electrons. The Labute approximate surface area is 260 Å². The van der Waals surface area contributed by atoms with Crippen molar-refractivity contribution < 1.29 is 45.4 Å². The highest BCUT2D eigenvalue weighted by Gasteiger charge is 2.40. The van der Waals surface area contributed by atoms with Gasteiger partial charge in [-0.15, -0.1) is 0 Å². The molecule has 1 aliphatic carbocycles. The molecule has 244 valence electrons. The van der Waals surface area contributed by atoms with E-state index >= 15 is 0 Å². The number of rotatable bonds is 11. The number of nitrogens with one attached hydrogen (secondary N) is 1. The highest BCUT2D eigenvalue weighted by Crippen LogP contribution is 2.37. The van der Waals surface area contributed by atoms with Crippen LogP contribution in [0.2, 0.25) is 0 Å². The number of alkyl halides is 6. The Balaban J connectivity index is 1.43. The van der Waals surface area contributed by atoms with Crippen LogP contribution in [-0.2, 0) is 30.1 Å². The predicted octanol–water partition coefficient (Wildman–Crippen LogP) is 7.10. The molecule has 1 heterocycles. The molecule has 0 unspecified atom stereocenters. The van der Waals surface area contributed by atoms with Crippen LogP contribution in [0, 0.1) is 0 Å². The molecule has 46 heavy (non-hydrogen) atoms. The zero-order chi connectivity index (χ0) is 33.2. The summed E-state index contributed by atoms with van der Waals surface area (Å²) in [4.78, 5) is 33.2. The van der Waals surface area contributed by atoms with Gasteiger partial charge in [-0.25, -0.2) is 0 Å². The van der Waals surface area contributed by atoms with Gasteiger partial charge >= 0.3 is 12.4 Å². The third kappa shape index (κ3) is 7.40. The number of para-hydroxylation sites is 1. The topological polar surface area (TPSA) is 74.9 Å². The predicted molar refractivity (Wildman–Crippen MR) is 157 cm³/mol. The van der Waals surface area contributed by atoms with E-state index in [1.807, 2.05) is 30.5 Å². The van der Waals surface area contributed by atoms with Crippen molar-refractivity contribution >= 4 is 22.7 Å². The highest BCUT2D eigenvalue weighted by atomic mass is 19.4. The quantitative estimate of drug-likeness (QED) is 0.176. The third-order valence-corrected chi connectivity index (χ3v) is 7.89. The fraction of sp³-hybridized carbons (Fsp3) is 0.333. The number of hydrogen-bond acceptors (Lipinski definition) is 4. The Hall–Kier alpha value is -4.68. The van der Waals surface area contributed by atoms with Crippen LogP contribution < -0.4 is 9.47 Å². The molecular formula is C33H31F6N3O4. The molecule has 0 spiro atoms. The fourth-order valence-electron chi connectivity index (χ4n) is 5.33. The van der Waals surface area contributed by atoms with Crippen LogP contribution >= 0.6 is 0 Å². The number of fused-ring (bicyclic) bond motifs is 1. The molecule has 4 aromatic rings. The molecule has 0 bridgehead atoms. The van der Waals surface area contributed by atoms with E-state index in [1.165, 1.54) is 19.1 Å². The van der Waals surface area contributed by atoms with Crippen LogP contribution in [0.5, 0.6) is 11.5 Å². The summed E-state index contributed by atoms with van der Waals surface area (Å²) in [5.41, 5.74) is -1.43. The number of benzene rings is 3. The SMILES string of the molecule is COc1ccc(CN(CCc2c[nH]c3ccccc23)C(=O)CN(C(=O)c2cc(C(F)(F)F)cc(C(F)(F)F)c2)C2CC2)cc1OC. The standard InChI is InChI=1S/C33H31F6N3O4/c1-45-28-10-7-20(13-29(28)46-2)18-41(12-11-21-17-40-27-6-4-3-5-26(21)27)30(43)19-42(25-8-9-25)31(44)22-14-23(32(34,35)36)16-24(15-22)33(37,38)39/h3-7,10,13-17,25,40H,8-9,11-12,18-19H2,1-2H3. The number of nitrogens with zero attached hydrogens (tertiary/aromatic N) is 2. The van der Waals surface area contributed by atoms with Crippen molar-refractivity contribution in [1.29, 1.82) is 0 Å². The minimum absolute atomic E-state index is 0.0288. The molecule has 13 heteroatoms. The number of halogens is 6. The largest absolute Gasteiger partial charge is 0.493 e. The van der Waals surface area contributed by atoms with Crippen LogP contribution in [0.4, 0.5) is 26.3 Å². The van der Waals surface area contributed by atoms with E-state index in [9.17, 15) is 35.9 Å². The van der Waals surface area contributed by atoms with Crippen molar-refractivity contribution in [3.63, 3.8) is 0 Å². The van der Waals surface area contributed by atoms with Crippen molar-refractivity contribution in [3.05, 3.63) is 94.7 Å². The maximum absolute atomic E-state index is 13.9. The monoisotopic (exact) mass is 647 g/mol. The van der Waals surface area contributed by atoms with Gasteiger partial charge in [0.15, 0.2) is 11.5 Å². The van der Waals surface area contributed by atoms with Crippen LogP contribution in [0.25, 0.3) is 10.9 Å². The average molecular weight is 648 g/mol. The summed E-state index contributed by atoms with van der Waals surface area (Å²) in [6, 6.07) is 13.1. The summed E-state index contributed by atoms with van der Waals surface area (Å²) in [5.74, 6) is -0.676. The van der Waals surface area contributed by atoms with Crippen molar-refractivity contribution in [2.24, 2.45) is 0 Å². The number of H-pyrrole nitrogens is 1. The van der Waals surface area contributed by atoms with E-state index in [0.29, 0.717) is 48.5 Å². The number of hydrogen-bond donors (Lipinski definition) is 1. The first-order valence-corrected chi connectivity index (χ1v) is 14.4. The van der Waals surface area contributed by atoms with Gasteiger partial charge in [0.05, 0.1) is 25.3 Å². The van der Waals surface area contributed by atoms with Gasteiger partial charge in [0.1, 0.15) is 6.54 Å². The Morgan fingerprint density at radius 2 is 1.52 bits per heavy atom. The number of methoxy groups -OCH3 is 2. The van der Waals surface area contributed by atoms with Crippen LogP contribution in [0.3, 0.4) is 0 Å². The lowest BCUT2D eigenvalue weighted by molar-refractivity contribution is -0.143. The summed E-state index contributed by atoms with van der Waals surface area (Å²) in [6.07, 6.45) is -7.02. The van der Waals surface area contributed by atoms with Crippen LogP contribution in [0.1, 0.15) is 45.5 Å². The van der Waals surface area contributed by atoms with Crippen molar-refractivity contribution in [2.45, 2.75) is 44.2 Å². The number of carbonyl (C=O) groups excluding carboxylic acids is 2. The summed E-state index contributed by atoms with van der Waals surface area (Å²) in [7, 11) is 2.96. The van der Waals surface area contributed by atoms with E-state index in [1.54, 1.807) is 18.2 Å². The fourth-order valence-corrected chi connectivity index (χ4v) is 5.33. The Bertz CT molecular complexity index is 1700. The summed E-state index contributed by atoms with van der Waals surface area (Å²) in [5, 5.41) is 0.973. The third-order valence-electron chi connectivity index (χ3n) is 7.89. The number of carbonyl (C=O) groups is 2. The van der Waals surface area contributed by atoms with Gasteiger partial charge < -0.3 is 24.3 Å². The Morgan fingerprint density at radius 1 is 0.870 bits per heavy atom. The molecule has 2 amide bonds. The molecule has 1 aliphatic rings. The Morgan fingerprint density at radius 3 is 2.13 bits per heavy atom. The van der Waals surface area contributed by atoms with Crippen molar-refractivity contribution in [1.82, 2.24) is 14.8 Å². The van der Waals surface area contributed by atoms with E-state index in [-0.39, 0.29) is 19.2 Å². The minimum atomic E-state index is -5.12. The summed E-state index contributed by atoms with van der Waals surface area (Å²) in [6.45, 7) is -0.220. The lowest BCUT2D eigenvalue weighted by atomic mass is 10.0. The lowest BCUT2D eigenvalue weighted by Gasteiger charge is -2.28. The normalized spacial score (nSPS) is 13.5. The lowest BCUT2D eigenvalue weighted by Crippen LogP contribution is -2.44. The molecule has 1 saturated carbocycles. The molecule has 0 saturated heterocycles. The molecule has 5 rings (SSSR count). The van der Waals surface area contributed by atoms with E-state index in [4.69, 9.17) is 9.47 Å². The van der Waals surface area contributed by atoms with Gasteiger partial charge in [-0.2, -0.15) is 26.3 Å². The van der Waals surface area contributed by atoms with Gasteiger partial charge in [-0.3, -0.25) is 9.59 Å². The van der Waals surface area contributed by atoms with Gasteiger partial charge in [0.2, 0.25) is 5.91 Å². The Kier molecular flexibility index (Phi) is 9.22. The number of ether oxygens (including phenoxy) is 2. The zero-order valence-electron chi connectivity index (χ0n) is 25.0. The molecule has 7 nitrogen and oxygen atoms in total. The second kappa shape index (κ2) is 13.0. The van der Waals surface area contributed by atoms with E-state index in [0.717, 1.165) is 21.4 Å². The van der Waals surface area contributed by atoms with Gasteiger partial charge in [-0.1, -0.05) is 24.3 Å². The van der Waals surface area contributed by atoms with E-state index < -0.39 is 53.4 Å². The molecule has 1 aromatic heterocycles. The number of amides is 2. The molecule has 1 fully saturated rings. The summed E-state index contributed by atoms with van der Waals surface area (Å²) >= 11 is 0. The van der Waals surface area contributed by atoms with Crippen molar-refractivity contribution in [3.8, 4) is 11.5 Å². The maximum Gasteiger partial charge on any atom is 0.416 e. The van der Waals surface area contributed by atoms with Crippen LogP contribution in [-0.4, -0.2) is 59.9 Å². The first kappa shape index (κ1) is 32.7. The number of aromatic amines is 1. The smallest absolute Gasteiger partial charge is 0.416 e. The second-order valence-corrected chi connectivity index (χ2v) is 11.1. The molecule has 1 N–H and O–H groups in total. The first-order chi connectivity index (χ1) is 21.8. The minimum Gasteiger partial charge on any atom is -0.493 e. The highest BCUT2D eigenvalue weighted by molar-refractivity contribution is 5.97. The van der Waals surface area contributed by atoms with Gasteiger partial charge in [0.25, 0.3) is 5.91 Å². The average Bonchev–Trinajstić information content (AvgIpc) is 3.79. The maximum atomic E-state index is 13.9. The first-order valence-electron chi connectivity index (χ1n) is 14.4. The number of aromatic nitrogens is 1. The summed E-state index contributed by atoms with van der Waals surface area (Å²) < 4.78 is 91.8. The van der Waals surface area contributed by atoms with Gasteiger partial charge in [-0.05, 0) is 66.8 Å². The molecular weight excluding hydrogens is 616 g/mol.